The third-order valence-corrected chi connectivity index (χ3v) is 10.5. The molecule has 0 aromatic rings. The maximum absolute atomic E-state index is 14.4. The Morgan fingerprint density at radius 1 is 1.19 bits per heavy atom. The van der Waals surface area contributed by atoms with Crippen molar-refractivity contribution in [2.75, 3.05) is 33.3 Å². The smallest absolute Gasteiger partial charge is 0.247 e. The molecule has 0 aromatic heterocycles. The van der Waals surface area contributed by atoms with Gasteiger partial charge in [0.1, 0.15) is 6.04 Å². The van der Waals surface area contributed by atoms with Gasteiger partial charge in [0.15, 0.2) is 0 Å². The summed E-state index contributed by atoms with van der Waals surface area (Å²) in [7, 11) is 1.76. The number of nitrogens with zero attached hydrogens (tertiary/aromatic N) is 3. The Bertz CT molecular complexity index is 894. The third-order valence-electron chi connectivity index (χ3n) is 8.53. The lowest BCUT2D eigenvalue weighted by atomic mass is 9.66. The highest BCUT2D eigenvalue weighted by Gasteiger charge is 2.77. The van der Waals surface area contributed by atoms with Crippen LogP contribution in [0.15, 0.2) is 25.3 Å². The van der Waals surface area contributed by atoms with Gasteiger partial charge in [0.05, 0.1) is 29.2 Å². The summed E-state index contributed by atoms with van der Waals surface area (Å²) < 4.78 is -1.08. The van der Waals surface area contributed by atoms with E-state index in [0.29, 0.717) is 32.5 Å². The number of likely N-dealkylation sites (N-methyl/N-ethyl adjacent to an activating group) is 1. The Hall–Kier alpha value is -1.80. The fourth-order valence-electron chi connectivity index (χ4n) is 6.93. The molecule has 1 spiro atoms. The molecule has 3 heterocycles. The zero-order valence-electron chi connectivity index (χ0n) is 23.4. The number of carbonyl (C=O) groups is 3. The highest BCUT2D eigenvalue weighted by atomic mass is 32.2. The van der Waals surface area contributed by atoms with Crippen molar-refractivity contribution >= 4 is 29.5 Å². The quantitative estimate of drug-likeness (QED) is 0.272. The van der Waals surface area contributed by atoms with Crippen molar-refractivity contribution in [3.05, 3.63) is 25.3 Å². The molecular weight excluding hydrogens is 486 g/mol. The Balaban J connectivity index is 2.10. The summed E-state index contributed by atoms with van der Waals surface area (Å²) in [6.45, 7) is 17.2. The zero-order valence-corrected chi connectivity index (χ0v) is 24.3. The van der Waals surface area contributed by atoms with Crippen LogP contribution in [0.25, 0.3) is 0 Å². The molecule has 2 bridgehead atoms. The van der Waals surface area contributed by atoms with Gasteiger partial charge in [0.25, 0.3) is 0 Å². The highest BCUT2D eigenvalue weighted by molar-refractivity contribution is 8.02. The molecule has 0 aromatic carbocycles. The minimum Gasteiger partial charge on any atom is -0.394 e. The minimum absolute atomic E-state index is 0.0572. The van der Waals surface area contributed by atoms with Gasteiger partial charge < -0.3 is 19.8 Å². The predicted molar refractivity (Wildman–Crippen MR) is 150 cm³/mol. The predicted octanol–water partition coefficient (Wildman–Crippen LogP) is 3.72. The van der Waals surface area contributed by atoms with Crippen molar-refractivity contribution in [3.8, 4) is 0 Å². The molecule has 3 amide bonds. The summed E-state index contributed by atoms with van der Waals surface area (Å²) in [4.78, 5) is 47.7. The summed E-state index contributed by atoms with van der Waals surface area (Å²) in [5.41, 5.74) is 0. The van der Waals surface area contributed by atoms with Gasteiger partial charge in [-0.05, 0) is 38.5 Å². The van der Waals surface area contributed by atoms with Crippen molar-refractivity contribution < 1.29 is 19.5 Å². The number of hydrogen-bond donors (Lipinski definition) is 1. The van der Waals surface area contributed by atoms with E-state index in [2.05, 4.69) is 40.9 Å². The Kier molecular flexibility index (Phi) is 9.60. The van der Waals surface area contributed by atoms with Crippen LogP contribution in [-0.2, 0) is 14.4 Å². The first-order valence-corrected chi connectivity index (χ1v) is 14.7. The van der Waals surface area contributed by atoms with Gasteiger partial charge in [-0.25, -0.2) is 0 Å². The molecule has 8 heteroatoms. The lowest BCUT2D eigenvalue weighted by molar-refractivity contribution is -0.147. The molecule has 2 unspecified atom stereocenters. The third kappa shape index (κ3) is 5.25. The topological polar surface area (TPSA) is 81.2 Å². The number of amides is 3. The van der Waals surface area contributed by atoms with E-state index >= 15 is 0 Å². The van der Waals surface area contributed by atoms with E-state index in [4.69, 9.17) is 0 Å². The summed E-state index contributed by atoms with van der Waals surface area (Å²) in [5, 5.41) is 10.5. The molecule has 3 fully saturated rings. The van der Waals surface area contributed by atoms with E-state index in [1.165, 1.54) is 0 Å². The molecular formula is C29H47N3O4S. The Morgan fingerprint density at radius 3 is 2.43 bits per heavy atom. The van der Waals surface area contributed by atoms with Crippen molar-refractivity contribution in [2.45, 2.75) is 87.8 Å². The highest BCUT2D eigenvalue weighted by Crippen LogP contribution is 2.72. The molecule has 0 saturated carbocycles. The van der Waals surface area contributed by atoms with Gasteiger partial charge in [-0.1, -0.05) is 45.8 Å². The first-order valence-electron chi connectivity index (χ1n) is 13.9. The van der Waals surface area contributed by atoms with Gasteiger partial charge >= 0.3 is 0 Å². The van der Waals surface area contributed by atoms with E-state index in [9.17, 15) is 19.5 Å². The van der Waals surface area contributed by atoms with Crippen molar-refractivity contribution in [1.29, 1.82) is 0 Å². The second-order valence-electron chi connectivity index (χ2n) is 11.7. The molecule has 0 aliphatic carbocycles. The molecule has 3 aliphatic heterocycles. The molecule has 3 saturated heterocycles. The molecule has 37 heavy (non-hydrogen) atoms. The Labute approximate surface area is 227 Å². The SMILES string of the molecule is C=CCN(C)C(=O)[C@H]1[C@H]2C(=O)N([C@@H](CO)CC(C)C)C(C(=O)N(CC=C)CCCCC)C23CC[C@]1(C)S3. The average molecular weight is 534 g/mol. The molecule has 3 aliphatic rings. The number of fused-ring (bicyclic) bond motifs is 1. The molecule has 7 nitrogen and oxygen atoms in total. The van der Waals surface area contributed by atoms with Crippen LogP contribution in [0, 0.1) is 17.8 Å². The van der Waals surface area contributed by atoms with Gasteiger partial charge in [0.2, 0.25) is 17.7 Å². The number of rotatable bonds is 14. The second kappa shape index (κ2) is 11.9. The Morgan fingerprint density at radius 2 is 1.86 bits per heavy atom. The van der Waals surface area contributed by atoms with E-state index in [-0.39, 0.29) is 30.2 Å². The number of aliphatic hydroxyl groups excluding tert-OH is 1. The van der Waals surface area contributed by atoms with Crippen molar-refractivity contribution in [2.24, 2.45) is 17.8 Å². The second-order valence-corrected chi connectivity index (χ2v) is 13.6. The standard InChI is InChI=1S/C29H47N3O4S/c1-8-11-12-17-31(16-10-3)27(36)24-29-14-13-28(6,37-29)22(25(34)30(7)15-9-2)23(29)26(35)32(24)21(19-33)18-20(4)5/h9-10,20-24,33H,2-3,8,11-19H2,1,4-7H3/t21-,22-,23+,24?,28+,29?/m1/s1. The van der Waals surface area contributed by atoms with E-state index in [0.717, 1.165) is 25.7 Å². The molecule has 0 radical (unpaired) electrons. The first-order chi connectivity index (χ1) is 17.5. The van der Waals surface area contributed by atoms with E-state index < -0.39 is 33.4 Å². The lowest BCUT2D eigenvalue weighted by Gasteiger charge is -2.40. The normalized spacial score (nSPS) is 30.9. The van der Waals surface area contributed by atoms with E-state index in [1.807, 2.05) is 4.90 Å². The number of thioether (sulfide) groups is 1. The number of hydrogen-bond acceptors (Lipinski definition) is 5. The van der Waals surface area contributed by atoms with Gasteiger partial charge in [-0.15, -0.1) is 24.9 Å². The number of likely N-dealkylation sites (tertiary alicyclic amines) is 1. The monoisotopic (exact) mass is 533 g/mol. The van der Waals surface area contributed by atoms with Crippen LogP contribution in [0.5, 0.6) is 0 Å². The van der Waals surface area contributed by atoms with Gasteiger partial charge in [-0.3, -0.25) is 14.4 Å². The lowest BCUT2D eigenvalue weighted by Crippen LogP contribution is -2.57. The summed E-state index contributed by atoms with van der Waals surface area (Å²) in [5.74, 6) is -1.11. The van der Waals surface area contributed by atoms with Crippen LogP contribution in [0.2, 0.25) is 0 Å². The fraction of sp³-hybridized carbons (Fsp3) is 0.759. The maximum atomic E-state index is 14.4. The zero-order chi connectivity index (χ0) is 27.5. The first kappa shape index (κ1) is 29.8. The van der Waals surface area contributed by atoms with Gasteiger partial charge in [-0.2, -0.15) is 0 Å². The number of aliphatic hydroxyl groups is 1. The van der Waals surface area contributed by atoms with Crippen LogP contribution in [0.4, 0.5) is 0 Å². The van der Waals surface area contributed by atoms with Crippen LogP contribution < -0.4 is 0 Å². The number of unbranched alkanes of at least 4 members (excludes halogenated alkanes) is 2. The van der Waals surface area contributed by atoms with Crippen LogP contribution in [0.3, 0.4) is 0 Å². The molecule has 3 rings (SSSR count). The number of carbonyl (C=O) groups excluding carboxylic acids is 3. The molecule has 208 valence electrons. The summed E-state index contributed by atoms with van der Waals surface area (Å²) >= 11 is 1.69. The maximum Gasteiger partial charge on any atom is 0.247 e. The van der Waals surface area contributed by atoms with Crippen molar-refractivity contribution in [1.82, 2.24) is 14.7 Å². The van der Waals surface area contributed by atoms with Crippen LogP contribution >= 0.6 is 11.8 Å². The molecule has 1 N–H and O–H groups in total. The minimum atomic E-state index is -0.697. The summed E-state index contributed by atoms with van der Waals surface area (Å²) in [6, 6.07) is -1.16. The largest absolute Gasteiger partial charge is 0.394 e. The van der Waals surface area contributed by atoms with Gasteiger partial charge in [0, 0.05) is 31.4 Å². The summed E-state index contributed by atoms with van der Waals surface area (Å²) in [6.07, 6.45) is 8.49. The van der Waals surface area contributed by atoms with E-state index in [1.54, 1.807) is 40.8 Å². The average Bonchev–Trinajstić information content (AvgIpc) is 3.42. The van der Waals surface area contributed by atoms with Crippen LogP contribution in [-0.4, -0.2) is 92.4 Å². The van der Waals surface area contributed by atoms with Crippen molar-refractivity contribution in [3.63, 3.8) is 0 Å². The molecule has 6 atom stereocenters. The van der Waals surface area contributed by atoms with Crippen LogP contribution in [0.1, 0.15) is 66.2 Å². The fourth-order valence-corrected chi connectivity index (χ4v) is 9.26.